The van der Waals surface area contributed by atoms with Gasteiger partial charge in [0, 0.05) is 28.8 Å². The summed E-state index contributed by atoms with van der Waals surface area (Å²) in [4.78, 5) is 13.2. The first kappa shape index (κ1) is 16.1. The highest BCUT2D eigenvalue weighted by atomic mass is 79.9. The number of hydrogen-bond acceptors (Lipinski definition) is 3. The van der Waals surface area contributed by atoms with Crippen LogP contribution < -0.4 is 0 Å². The van der Waals surface area contributed by atoms with Crippen molar-refractivity contribution in [1.29, 1.82) is 0 Å². The Balaban J connectivity index is 2.84. The van der Waals surface area contributed by atoms with E-state index in [1.165, 1.54) is 6.08 Å². The van der Waals surface area contributed by atoms with Crippen LogP contribution in [0, 0.1) is 0 Å². The average Bonchev–Trinajstić information content (AvgIpc) is 2.34. The lowest BCUT2D eigenvalue weighted by Gasteiger charge is -2.37. The molecule has 0 saturated carbocycles. The molecule has 1 fully saturated rings. The number of halogens is 2. The summed E-state index contributed by atoms with van der Waals surface area (Å²) in [5.74, 6) is 0. The Hall–Kier alpha value is -0.940. The van der Waals surface area contributed by atoms with Gasteiger partial charge in [-0.05, 0) is 26.0 Å². The predicted octanol–water partition coefficient (Wildman–Crippen LogP) is 2.98. The van der Waals surface area contributed by atoms with Crippen LogP contribution in [0.25, 0.3) is 0 Å². The van der Waals surface area contributed by atoms with Crippen molar-refractivity contribution >= 4 is 22.2 Å². The van der Waals surface area contributed by atoms with Crippen molar-refractivity contribution in [2.75, 3.05) is 19.8 Å². The van der Waals surface area contributed by atoms with E-state index in [2.05, 4.69) is 22.5 Å². The first-order chi connectivity index (χ1) is 8.97. The van der Waals surface area contributed by atoms with E-state index in [4.69, 9.17) is 4.74 Å². The molecule has 0 aromatic carbocycles. The van der Waals surface area contributed by atoms with Gasteiger partial charge >= 0.3 is 0 Å². The van der Waals surface area contributed by atoms with Crippen molar-refractivity contribution in [3.63, 3.8) is 0 Å². The van der Waals surface area contributed by atoms with Crippen LogP contribution in [0.1, 0.15) is 13.8 Å². The number of carbonyl (C=O) groups is 1. The van der Waals surface area contributed by atoms with E-state index in [0.29, 0.717) is 28.8 Å². The molecule has 0 N–H and O–H groups in total. The molecule has 19 heavy (non-hydrogen) atoms. The van der Waals surface area contributed by atoms with E-state index >= 15 is 0 Å². The highest BCUT2D eigenvalue weighted by molar-refractivity contribution is 9.11. The van der Waals surface area contributed by atoms with Gasteiger partial charge in [0.2, 0.25) is 0 Å². The number of ether oxygens (including phenoxy) is 1. The number of alkyl halides is 1. The Bertz CT molecular complexity index is 396. The number of allylic oxidation sites excluding steroid dienone is 4. The van der Waals surface area contributed by atoms with Gasteiger partial charge in [0.15, 0.2) is 6.29 Å². The van der Waals surface area contributed by atoms with Crippen molar-refractivity contribution in [3.05, 3.63) is 34.5 Å². The minimum atomic E-state index is -0.582. The van der Waals surface area contributed by atoms with Gasteiger partial charge in [-0.1, -0.05) is 22.5 Å². The van der Waals surface area contributed by atoms with Crippen molar-refractivity contribution < 1.29 is 13.9 Å². The lowest BCUT2D eigenvalue weighted by molar-refractivity contribution is -0.105. The van der Waals surface area contributed by atoms with Crippen LogP contribution in [0.3, 0.4) is 0 Å². The molecule has 1 rings (SSSR count). The van der Waals surface area contributed by atoms with Crippen LogP contribution >= 0.6 is 15.9 Å². The molecule has 0 aromatic heterocycles. The Morgan fingerprint density at radius 1 is 1.47 bits per heavy atom. The molecule has 0 radical (unpaired) electrons. The van der Waals surface area contributed by atoms with Crippen LogP contribution in [0.2, 0.25) is 0 Å². The molecule has 0 bridgehead atoms. The zero-order valence-corrected chi connectivity index (χ0v) is 12.8. The molecule has 2 unspecified atom stereocenters. The van der Waals surface area contributed by atoms with Crippen LogP contribution in [0.5, 0.6) is 0 Å². The van der Waals surface area contributed by atoms with Crippen molar-refractivity contribution in [2.24, 2.45) is 0 Å². The van der Waals surface area contributed by atoms with E-state index < -0.39 is 6.67 Å². The topological polar surface area (TPSA) is 29.5 Å². The van der Waals surface area contributed by atoms with Crippen LogP contribution in [0.4, 0.5) is 4.39 Å². The van der Waals surface area contributed by atoms with Crippen molar-refractivity contribution in [3.8, 4) is 0 Å². The molecule has 1 heterocycles. The summed E-state index contributed by atoms with van der Waals surface area (Å²) in [6, 6.07) is 0. The molecule has 0 aromatic rings. The second-order valence-corrected chi connectivity index (χ2v) is 5.49. The Kier molecular flexibility index (Phi) is 6.45. The summed E-state index contributed by atoms with van der Waals surface area (Å²) in [5, 5.41) is 0. The fourth-order valence-corrected chi connectivity index (χ4v) is 2.42. The SMILES string of the molecule is C=C(/C(C=O)=C\C(Br)=C/CF)N1CC(C)OC(C)C1. The quantitative estimate of drug-likeness (QED) is 0.440. The first-order valence-corrected chi connectivity index (χ1v) is 6.95. The maximum absolute atomic E-state index is 12.2. The van der Waals surface area contributed by atoms with E-state index in [9.17, 15) is 9.18 Å². The standard InChI is InChI=1S/C14H19BrFNO2/c1-10-7-17(8-11(2)19-10)12(3)13(9-18)6-14(15)4-5-16/h4,6,9-11H,3,5,7-8H2,1-2H3/b13-6-,14-4+. The van der Waals surface area contributed by atoms with Gasteiger partial charge < -0.3 is 9.64 Å². The minimum Gasteiger partial charge on any atom is -0.372 e. The maximum Gasteiger partial charge on any atom is 0.152 e. The number of rotatable bonds is 5. The third-order valence-corrected chi connectivity index (χ3v) is 3.38. The molecular weight excluding hydrogens is 313 g/mol. The highest BCUT2D eigenvalue weighted by Gasteiger charge is 2.24. The van der Waals surface area contributed by atoms with Gasteiger partial charge in [-0.2, -0.15) is 0 Å². The smallest absolute Gasteiger partial charge is 0.152 e. The zero-order chi connectivity index (χ0) is 14.4. The molecule has 0 spiro atoms. The van der Waals surface area contributed by atoms with E-state index in [1.807, 2.05) is 18.7 Å². The lowest BCUT2D eigenvalue weighted by Crippen LogP contribution is -2.44. The maximum atomic E-state index is 12.2. The highest BCUT2D eigenvalue weighted by Crippen LogP contribution is 2.21. The normalized spacial score (nSPS) is 25.4. The fourth-order valence-electron chi connectivity index (χ4n) is 2.05. The molecule has 1 aliphatic heterocycles. The summed E-state index contributed by atoms with van der Waals surface area (Å²) in [7, 11) is 0. The minimum absolute atomic E-state index is 0.0956. The third kappa shape index (κ3) is 4.91. The molecule has 3 nitrogen and oxygen atoms in total. The Morgan fingerprint density at radius 2 is 2.05 bits per heavy atom. The van der Waals surface area contributed by atoms with E-state index in [0.717, 1.165) is 6.29 Å². The lowest BCUT2D eigenvalue weighted by atomic mass is 10.1. The number of nitrogens with zero attached hydrogens (tertiary/aromatic N) is 1. The Labute approximate surface area is 121 Å². The molecule has 2 atom stereocenters. The molecular formula is C14H19BrFNO2. The number of hydrogen-bond donors (Lipinski definition) is 0. The largest absolute Gasteiger partial charge is 0.372 e. The number of aldehydes is 1. The van der Waals surface area contributed by atoms with Crippen molar-refractivity contribution in [1.82, 2.24) is 4.90 Å². The molecule has 106 valence electrons. The van der Waals surface area contributed by atoms with Gasteiger partial charge in [0.1, 0.15) is 6.67 Å². The van der Waals surface area contributed by atoms with Gasteiger partial charge in [-0.15, -0.1) is 0 Å². The molecule has 1 saturated heterocycles. The monoisotopic (exact) mass is 331 g/mol. The summed E-state index contributed by atoms with van der Waals surface area (Å²) >= 11 is 3.20. The third-order valence-electron chi connectivity index (χ3n) is 2.83. The van der Waals surface area contributed by atoms with E-state index in [1.54, 1.807) is 6.08 Å². The van der Waals surface area contributed by atoms with Gasteiger partial charge in [-0.25, -0.2) is 4.39 Å². The van der Waals surface area contributed by atoms with Gasteiger partial charge in [0.05, 0.1) is 12.2 Å². The number of carbonyl (C=O) groups excluding carboxylic acids is 1. The second kappa shape index (κ2) is 7.60. The number of morpholine rings is 1. The van der Waals surface area contributed by atoms with Gasteiger partial charge in [0.25, 0.3) is 0 Å². The summed E-state index contributed by atoms with van der Waals surface area (Å²) in [6.07, 6.45) is 3.86. The van der Waals surface area contributed by atoms with Crippen LogP contribution in [0.15, 0.2) is 34.5 Å². The summed E-state index contributed by atoms with van der Waals surface area (Å²) < 4.78 is 18.4. The van der Waals surface area contributed by atoms with Crippen molar-refractivity contribution in [2.45, 2.75) is 26.1 Å². The molecule has 0 amide bonds. The summed E-state index contributed by atoms with van der Waals surface area (Å²) in [6.45, 7) is 8.74. The van der Waals surface area contributed by atoms with E-state index in [-0.39, 0.29) is 12.2 Å². The zero-order valence-electron chi connectivity index (χ0n) is 11.2. The van der Waals surface area contributed by atoms with Gasteiger partial charge in [-0.3, -0.25) is 4.79 Å². The van der Waals surface area contributed by atoms with Crippen LogP contribution in [-0.4, -0.2) is 43.2 Å². The molecule has 1 aliphatic rings. The first-order valence-electron chi connectivity index (χ1n) is 6.16. The Morgan fingerprint density at radius 3 is 2.53 bits per heavy atom. The van der Waals surface area contributed by atoms with Crippen LogP contribution in [-0.2, 0) is 9.53 Å². The molecule has 0 aliphatic carbocycles. The molecule has 5 heteroatoms. The summed E-state index contributed by atoms with van der Waals surface area (Å²) in [5.41, 5.74) is 1.08. The second-order valence-electron chi connectivity index (χ2n) is 4.57. The predicted molar refractivity (Wildman–Crippen MR) is 77.9 cm³/mol. The fraction of sp³-hybridized carbons (Fsp3) is 0.500. The average molecular weight is 332 g/mol.